The summed E-state index contributed by atoms with van der Waals surface area (Å²) in [6.07, 6.45) is 0.772. The predicted molar refractivity (Wildman–Crippen MR) is 65.9 cm³/mol. The van der Waals surface area contributed by atoms with E-state index in [1.165, 1.54) is 0 Å². The zero-order valence-electron chi connectivity index (χ0n) is 9.38. The van der Waals surface area contributed by atoms with E-state index in [1.54, 1.807) is 0 Å². The van der Waals surface area contributed by atoms with E-state index in [9.17, 15) is 4.79 Å². The Morgan fingerprint density at radius 2 is 2.25 bits per heavy atom. The highest BCUT2D eigenvalue weighted by atomic mass is 35.5. The Balaban J connectivity index is 2.42. The number of carbonyl (C=O) groups excluding carboxylic acids is 1. The van der Waals surface area contributed by atoms with Crippen LogP contribution < -0.4 is 11.1 Å². The SMILES string of the molecule is CC(N)Cc1cc(Cl)c2c(c1)C(C)C(=O)N2. The van der Waals surface area contributed by atoms with Gasteiger partial charge >= 0.3 is 0 Å². The molecule has 0 saturated heterocycles. The summed E-state index contributed by atoms with van der Waals surface area (Å²) in [6, 6.07) is 3.99. The van der Waals surface area contributed by atoms with Crippen molar-refractivity contribution in [2.24, 2.45) is 5.73 Å². The van der Waals surface area contributed by atoms with E-state index >= 15 is 0 Å². The van der Waals surface area contributed by atoms with Crippen LogP contribution >= 0.6 is 11.6 Å². The molecule has 86 valence electrons. The third kappa shape index (κ3) is 1.93. The second kappa shape index (κ2) is 4.07. The maximum absolute atomic E-state index is 11.5. The van der Waals surface area contributed by atoms with Crippen LogP contribution in [-0.4, -0.2) is 11.9 Å². The molecule has 0 bridgehead atoms. The van der Waals surface area contributed by atoms with E-state index in [0.29, 0.717) is 5.02 Å². The van der Waals surface area contributed by atoms with Gasteiger partial charge in [-0.25, -0.2) is 0 Å². The van der Waals surface area contributed by atoms with Gasteiger partial charge in [0.15, 0.2) is 0 Å². The number of fused-ring (bicyclic) bond motifs is 1. The first-order chi connectivity index (χ1) is 7.49. The molecule has 0 aromatic heterocycles. The summed E-state index contributed by atoms with van der Waals surface area (Å²) in [6.45, 7) is 3.83. The number of hydrogen-bond donors (Lipinski definition) is 2. The summed E-state index contributed by atoms with van der Waals surface area (Å²) in [5, 5.41) is 3.40. The molecule has 0 fully saturated rings. The molecule has 3 nitrogen and oxygen atoms in total. The number of hydrogen-bond acceptors (Lipinski definition) is 2. The Hall–Kier alpha value is -1.06. The Morgan fingerprint density at radius 1 is 1.56 bits per heavy atom. The summed E-state index contributed by atoms with van der Waals surface area (Å²) in [7, 11) is 0. The predicted octanol–water partition coefficient (Wildman–Crippen LogP) is 2.29. The quantitative estimate of drug-likeness (QED) is 0.831. The Bertz CT molecular complexity index is 443. The number of carbonyl (C=O) groups is 1. The molecular weight excluding hydrogens is 224 g/mol. The van der Waals surface area contributed by atoms with Crippen LogP contribution in [0.5, 0.6) is 0 Å². The highest BCUT2D eigenvalue weighted by molar-refractivity contribution is 6.34. The zero-order valence-corrected chi connectivity index (χ0v) is 10.1. The minimum atomic E-state index is -0.125. The number of rotatable bonds is 2. The van der Waals surface area contributed by atoms with Gasteiger partial charge in [0, 0.05) is 6.04 Å². The molecule has 0 aliphatic carbocycles. The lowest BCUT2D eigenvalue weighted by Gasteiger charge is -2.10. The molecule has 0 radical (unpaired) electrons. The van der Waals surface area contributed by atoms with Crippen molar-refractivity contribution >= 4 is 23.2 Å². The Labute approximate surface area is 100.0 Å². The van der Waals surface area contributed by atoms with Crippen molar-refractivity contribution < 1.29 is 4.79 Å². The van der Waals surface area contributed by atoms with Crippen molar-refractivity contribution in [3.63, 3.8) is 0 Å². The highest BCUT2D eigenvalue weighted by Crippen LogP contribution is 2.38. The van der Waals surface area contributed by atoms with E-state index in [1.807, 2.05) is 26.0 Å². The van der Waals surface area contributed by atoms with Gasteiger partial charge in [-0.1, -0.05) is 17.7 Å². The van der Waals surface area contributed by atoms with Gasteiger partial charge in [-0.3, -0.25) is 4.79 Å². The number of benzene rings is 1. The third-order valence-electron chi connectivity index (χ3n) is 2.85. The molecule has 3 N–H and O–H groups in total. The second-order valence-corrected chi connectivity index (χ2v) is 4.84. The molecule has 0 saturated carbocycles. The maximum atomic E-state index is 11.5. The maximum Gasteiger partial charge on any atom is 0.231 e. The minimum absolute atomic E-state index is 0.00912. The van der Waals surface area contributed by atoms with Gasteiger partial charge in [0.05, 0.1) is 16.6 Å². The van der Waals surface area contributed by atoms with Crippen LogP contribution in [0.2, 0.25) is 5.02 Å². The smallest absolute Gasteiger partial charge is 0.231 e. The van der Waals surface area contributed by atoms with Crippen molar-refractivity contribution in [2.45, 2.75) is 32.2 Å². The molecule has 1 aliphatic rings. The second-order valence-electron chi connectivity index (χ2n) is 4.43. The molecule has 1 aromatic carbocycles. The normalized spacial score (nSPS) is 20.5. The average Bonchev–Trinajstić information content (AvgIpc) is 2.45. The molecule has 2 unspecified atom stereocenters. The molecule has 2 rings (SSSR count). The van der Waals surface area contributed by atoms with E-state index in [-0.39, 0.29) is 17.9 Å². The first kappa shape index (κ1) is 11.4. The Morgan fingerprint density at radius 3 is 2.88 bits per heavy atom. The standard InChI is InChI=1S/C12H15ClN2O/c1-6(14)3-8-4-9-7(2)12(16)15-11(9)10(13)5-8/h4-7H,3,14H2,1-2H3,(H,15,16). The molecule has 1 heterocycles. The zero-order chi connectivity index (χ0) is 11.9. The number of nitrogens with one attached hydrogen (secondary N) is 1. The van der Waals surface area contributed by atoms with Crippen LogP contribution in [0, 0.1) is 0 Å². The molecule has 4 heteroatoms. The summed E-state index contributed by atoms with van der Waals surface area (Å²) in [5.74, 6) is -0.115. The monoisotopic (exact) mass is 238 g/mol. The fourth-order valence-electron chi connectivity index (χ4n) is 2.02. The number of nitrogens with two attached hydrogens (primary N) is 1. The van der Waals surface area contributed by atoms with Crippen LogP contribution in [0.25, 0.3) is 0 Å². The minimum Gasteiger partial charge on any atom is -0.328 e. The average molecular weight is 239 g/mol. The Kier molecular flexibility index (Phi) is 2.91. The largest absolute Gasteiger partial charge is 0.328 e. The van der Waals surface area contributed by atoms with Crippen LogP contribution in [0.3, 0.4) is 0 Å². The first-order valence-electron chi connectivity index (χ1n) is 5.37. The number of halogens is 1. The lowest BCUT2D eigenvalue weighted by Crippen LogP contribution is -2.17. The van der Waals surface area contributed by atoms with Crippen LogP contribution in [0.4, 0.5) is 5.69 Å². The third-order valence-corrected chi connectivity index (χ3v) is 3.14. The van der Waals surface area contributed by atoms with Crippen LogP contribution in [-0.2, 0) is 11.2 Å². The van der Waals surface area contributed by atoms with Crippen molar-refractivity contribution in [3.8, 4) is 0 Å². The van der Waals surface area contributed by atoms with E-state index < -0.39 is 0 Å². The molecule has 2 atom stereocenters. The van der Waals surface area contributed by atoms with Crippen molar-refractivity contribution in [2.75, 3.05) is 5.32 Å². The summed E-state index contributed by atoms with van der Waals surface area (Å²) in [4.78, 5) is 11.5. The van der Waals surface area contributed by atoms with Gasteiger partial charge in [-0.05, 0) is 37.5 Å². The van der Waals surface area contributed by atoms with E-state index in [0.717, 1.165) is 23.2 Å². The van der Waals surface area contributed by atoms with Gasteiger partial charge in [0.25, 0.3) is 0 Å². The lowest BCUT2D eigenvalue weighted by molar-refractivity contribution is -0.116. The van der Waals surface area contributed by atoms with Gasteiger partial charge in [-0.2, -0.15) is 0 Å². The van der Waals surface area contributed by atoms with Crippen molar-refractivity contribution in [3.05, 3.63) is 28.3 Å². The topological polar surface area (TPSA) is 55.1 Å². The van der Waals surface area contributed by atoms with Crippen LogP contribution in [0.15, 0.2) is 12.1 Å². The molecular formula is C12H15ClN2O. The van der Waals surface area contributed by atoms with Crippen molar-refractivity contribution in [1.29, 1.82) is 0 Å². The fourth-order valence-corrected chi connectivity index (χ4v) is 2.32. The molecule has 0 spiro atoms. The van der Waals surface area contributed by atoms with Gasteiger partial charge in [0.2, 0.25) is 5.91 Å². The highest BCUT2D eigenvalue weighted by Gasteiger charge is 2.28. The molecule has 1 aromatic rings. The van der Waals surface area contributed by atoms with Crippen molar-refractivity contribution in [1.82, 2.24) is 0 Å². The van der Waals surface area contributed by atoms with Crippen LogP contribution in [0.1, 0.15) is 30.9 Å². The summed E-state index contributed by atoms with van der Waals surface area (Å²) < 4.78 is 0. The molecule has 1 amide bonds. The van der Waals surface area contributed by atoms with E-state index in [2.05, 4.69) is 5.32 Å². The van der Waals surface area contributed by atoms with Gasteiger partial charge < -0.3 is 11.1 Å². The first-order valence-corrected chi connectivity index (χ1v) is 5.75. The fraction of sp³-hybridized carbons (Fsp3) is 0.417. The van der Waals surface area contributed by atoms with Gasteiger partial charge in [-0.15, -0.1) is 0 Å². The van der Waals surface area contributed by atoms with Gasteiger partial charge in [0.1, 0.15) is 0 Å². The summed E-state index contributed by atoms with van der Waals surface area (Å²) >= 11 is 6.13. The number of anilines is 1. The summed E-state index contributed by atoms with van der Waals surface area (Å²) in [5.41, 5.74) is 8.58. The van der Waals surface area contributed by atoms with E-state index in [4.69, 9.17) is 17.3 Å². The number of amides is 1. The lowest BCUT2D eigenvalue weighted by atomic mass is 9.98. The molecule has 16 heavy (non-hydrogen) atoms. The molecule has 1 aliphatic heterocycles.